The molecule has 0 radical (unpaired) electrons. The van der Waals surface area contributed by atoms with E-state index in [9.17, 15) is 4.79 Å². The number of carbonyl (C=O) groups is 1. The molecular weight excluding hydrogens is 214 g/mol. The van der Waals surface area contributed by atoms with Crippen LogP contribution < -0.4 is 5.32 Å². The topological polar surface area (TPSA) is 57.8 Å². The van der Waals surface area contributed by atoms with Gasteiger partial charge in [-0.1, -0.05) is 6.92 Å². The Kier molecular flexibility index (Phi) is 3.55. The molecule has 0 fully saturated rings. The number of Topliss-reactive ketones (excluding diaryl/α,β-unsaturated/α-hetero) is 1. The summed E-state index contributed by atoms with van der Waals surface area (Å²) < 4.78 is 0. The van der Waals surface area contributed by atoms with Crippen molar-refractivity contribution in [2.24, 2.45) is 0 Å². The van der Waals surface area contributed by atoms with Crippen LogP contribution in [0.2, 0.25) is 0 Å². The highest BCUT2D eigenvalue weighted by Gasteiger charge is 2.02. The van der Waals surface area contributed by atoms with E-state index in [2.05, 4.69) is 15.3 Å². The molecule has 0 saturated heterocycles. The second-order valence-corrected chi connectivity index (χ2v) is 3.78. The first kappa shape index (κ1) is 11.4. The summed E-state index contributed by atoms with van der Waals surface area (Å²) in [5.74, 6) is 0.171. The minimum Gasteiger partial charge on any atom is -0.379 e. The molecule has 0 unspecified atom stereocenters. The maximum Gasteiger partial charge on any atom is 0.162 e. The highest BCUT2D eigenvalue weighted by Crippen LogP contribution is 2.11. The van der Waals surface area contributed by atoms with Crippen LogP contribution in [-0.4, -0.2) is 15.8 Å². The van der Waals surface area contributed by atoms with E-state index >= 15 is 0 Å². The number of aromatic nitrogens is 2. The van der Waals surface area contributed by atoms with Crippen LogP contribution in [0.25, 0.3) is 0 Å². The van der Waals surface area contributed by atoms with Gasteiger partial charge >= 0.3 is 0 Å². The molecule has 0 amide bonds. The summed E-state index contributed by atoms with van der Waals surface area (Å²) in [5, 5.41) is 3.25. The Labute approximate surface area is 100 Å². The molecule has 4 nitrogen and oxygen atoms in total. The molecule has 0 saturated carbocycles. The largest absolute Gasteiger partial charge is 0.379 e. The maximum absolute atomic E-state index is 11.4. The number of hydrogen-bond donors (Lipinski definition) is 2. The first-order chi connectivity index (χ1) is 8.29. The van der Waals surface area contributed by atoms with Gasteiger partial charge in [-0.05, 0) is 24.3 Å². The smallest absolute Gasteiger partial charge is 0.162 e. The number of H-pyrrole nitrogens is 1. The molecule has 2 aromatic rings. The molecule has 0 atom stereocenters. The minimum absolute atomic E-state index is 0.171. The fourth-order valence-corrected chi connectivity index (χ4v) is 1.56. The molecule has 1 heterocycles. The van der Waals surface area contributed by atoms with Crippen molar-refractivity contribution in [2.75, 3.05) is 5.32 Å². The number of benzene rings is 1. The van der Waals surface area contributed by atoms with E-state index in [1.165, 1.54) is 0 Å². The van der Waals surface area contributed by atoms with Crippen molar-refractivity contribution in [1.82, 2.24) is 9.97 Å². The average molecular weight is 229 g/mol. The summed E-state index contributed by atoms with van der Waals surface area (Å²) in [7, 11) is 0. The van der Waals surface area contributed by atoms with Gasteiger partial charge in [0.25, 0.3) is 0 Å². The van der Waals surface area contributed by atoms with Crippen LogP contribution in [0.15, 0.2) is 36.8 Å². The zero-order valence-electron chi connectivity index (χ0n) is 9.73. The molecule has 1 aromatic heterocycles. The molecule has 1 aromatic carbocycles. The predicted molar refractivity (Wildman–Crippen MR) is 67.0 cm³/mol. The van der Waals surface area contributed by atoms with E-state index < -0.39 is 0 Å². The number of anilines is 1. The zero-order chi connectivity index (χ0) is 12.1. The lowest BCUT2D eigenvalue weighted by molar-refractivity contribution is 0.0988. The Balaban J connectivity index is 1.96. The zero-order valence-corrected chi connectivity index (χ0v) is 9.73. The third-order valence-corrected chi connectivity index (χ3v) is 2.57. The van der Waals surface area contributed by atoms with E-state index in [1.807, 2.05) is 31.2 Å². The number of hydrogen-bond acceptors (Lipinski definition) is 3. The SMILES string of the molecule is CCC(=O)c1ccc(NCc2cnc[nH]2)cc1. The van der Waals surface area contributed by atoms with Gasteiger partial charge in [0.05, 0.1) is 18.6 Å². The molecule has 4 heteroatoms. The van der Waals surface area contributed by atoms with E-state index in [0.29, 0.717) is 13.0 Å². The molecule has 88 valence electrons. The van der Waals surface area contributed by atoms with Crippen LogP contribution in [0.3, 0.4) is 0 Å². The predicted octanol–water partition coefficient (Wildman–Crippen LogP) is 2.61. The van der Waals surface area contributed by atoms with Gasteiger partial charge in [0.2, 0.25) is 0 Å². The highest BCUT2D eigenvalue weighted by molar-refractivity contribution is 5.96. The lowest BCUT2D eigenvalue weighted by Crippen LogP contribution is -2.01. The molecular formula is C13H15N3O. The molecule has 0 spiro atoms. The summed E-state index contributed by atoms with van der Waals surface area (Å²) in [6.07, 6.45) is 3.98. The molecule has 17 heavy (non-hydrogen) atoms. The van der Waals surface area contributed by atoms with Crippen molar-refractivity contribution in [3.8, 4) is 0 Å². The van der Waals surface area contributed by atoms with Gasteiger partial charge in [0, 0.05) is 23.9 Å². The van der Waals surface area contributed by atoms with Crippen molar-refractivity contribution < 1.29 is 4.79 Å². The number of imidazole rings is 1. The number of ketones is 1. The quantitative estimate of drug-likeness (QED) is 0.775. The van der Waals surface area contributed by atoms with E-state index in [-0.39, 0.29) is 5.78 Å². The normalized spacial score (nSPS) is 10.2. The first-order valence-electron chi connectivity index (χ1n) is 5.64. The standard InChI is InChI=1S/C13H15N3O/c1-2-13(17)10-3-5-11(6-4-10)15-8-12-7-14-9-16-12/h3-7,9,15H,2,8H2,1H3,(H,14,16). The van der Waals surface area contributed by atoms with Gasteiger partial charge in [-0.3, -0.25) is 4.79 Å². The highest BCUT2D eigenvalue weighted by atomic mass is 16.1. The Morgan fingerprint density at radius 2 is 2.12 bits per heavy atom. The van der Waals surface area contributed by atoms with E-state index in [1.54, 1.807) is 12.5 Å². The van der Waals surface area contributed by atoms with Gasteiger partial charge in [-0.2, -0.15) is 0 Å². The Bertz CT molecular complexity index is 474. The number of carbonyl (C=O) groups excluding carboxylic acids is 1. The number of rotatable bonds is 5. The number of nitrogens with zero attached hydrogens (tertiary/aromatic N) is 1. The second-order valence-electron chi connectivity index (χ2n) is 3.78. The van der Waals surface area contributed by atoms with Crippen molar-refractivity contribution >= 4 is 11.5 Å². The third-order valence-electron chi connectivity index (χ3n) is 2.57. The number of aromatic amines is 1. The maximum atomic E-state index is 11.4. The monoisotopic (exact) mass is 229 g/mol. The molecule has 0 aliphatic heterocycles. The molecule has 2 N–H and O–H groups in total. The van der Waals surface area contributed by atoms with Crippen LogP contribution in [0.4, 0.5) is 5.69 Å². The minimum atomic E-state index is 0.171. The fraction of sp³-hybridized carbons (Fsp3) is 0.231. The van der Waals surface area contributed by atoms with Gasteiger partial charge in [0.15, 0.2) is 5.78 Å². The van der Waals surface area contributed by atoms with Gasteiger partial charge in [0.1, 0.15) is 0 Å². The Hall–Kier alpha value is -2.10. The van der Waals surface area contributed by atoms with Crippen molar-refractivity contribution in [2.45, 2.75) is 19.9 Å². The van der Waals surface area contributed by atoms with Crippen LogP contribution in [0, 0.1) is 0 Å². The van der Waals surface area contributed by atoms with Crippen LogP contribution >= 0.6 is 0 Å². The number of nitrogens with one attached hydrogen (secondary N) is 2. The Morgan fingerprint density at radius 3 is 2.71 bits per heavy atom. The average Bonchev–Trinajstić information content (AvgIpc) is 2.89. The summed E-state index contributed by atoms with van der Waals surface area (Å²) in [5.41, 5.74) is 2.78. The van der Waals surface area contributed by atoms with Gasteiger partial charge in [-0.15, -0.1) is 0 Å². The van der Waals surface area contributed by atoms with Gasteiger partial charge in [-0.25, -0.2) is 4.98 Å². The summed E-state index contributed by atoms with van der Waals surface area (Å²) in [6.45, 7) is 2.56. The van der Waals surface area contributed by atoms with E-state index in [0.717, 1.165) is 16.9 Å². The third kappa shape index (κ3) is 2.93. The van der Waals surface area contributed by atoms with Crippen molar-refractivity contribution in [3.63, 3.8) is 0 Å². The van der Waals surface area contributed by atoms with Crippen LogP contribution in [0.1, 0.15) is 29.4 Å². The second kappa shape index (κ2) is 5.30. The summed E-state index contributed by atoms with van der Waals surface area (Å²) in [4.78, 5) is 18.4. The summed E-state index contributed by atoms with van der Waals surface area (Å²) in [6, 6.07) is 7.53. The van der Waals surface area contributed by atoms with Crippen molar-refractivity contribution in [1.29, 1.82) is 0 Å². The molecule has 0 aliphatic carbocycles. The van der Waals surface area contributed by atoms with Crippen molar-refractivity contribution in [3.05, 3.63) is 48.0 Å². The van der Waals surface area contributed by atoms with Crippen LogP contribution in [-0.2, 0) is 6.54 Å². The molecule has 0 aliphatic rings. The lowest BCUT2D eigenvalue weighted by Gasteiger charge is -2.05. The summed E-state index contributed by atoms with van der Waals surface area (Å²) >= 11 is 0. The fourth-order valence-electron chi connectivity index (χ4n) is 1.56. The first-order valence-corrected chi connectivity index (χ1v) is 5.64. The molecule has 0 bridgehead atoms. The van der Waals surface area contributed by atoms with Crippen LogP contribution in [0.5, 0.6) is 0 Å². The molecule has 2 rings (SSSR count). The van der Waals surface area contributed by atoms with E-state index in [4.69, 9.17) is 0 Å². The van der Waals surface area contributed by atoms with Gasteiger partial charge < -0.3 is 10.3 Å². The lowest BCUT2D eigenvalue weighted by atomic mass is 10.1. The Morgan fingerprint density at radius 1 is 1.35 bits per heavy atom.